The summed E-state index contributed by atoms with van der Waals surface area (Å²) in [5.41, 5.74) is 1.97. The van der Waals surface area contributed by atoms with E-state index in [1.165, 1.54) is 12.1 Å². The number of nitrogens with zero attached hydrogens (tertiary/aromatic N) is 2. The number of carbonyl (C=O) groups excluding carboxylic acids is 1. The Bertz CT molecular complexity index is 857. The Morgan fingerprint density at radius 3 is 2.54 bits per heavy atom. The summed E-state index contributed by atoms with van der Waals surface area (Å²) in [6.07, 6.45) is -3.18. The summed E-state index contributed by atoms with van der Waals surface area (Å²) in [6, 6.07) is 12.3. The largest absolute Gasteiger partial charge is 0.573 e. The molecule has 3 rings (SSSR count). The fourth-order valence-corrected chi connectivity index (χ4v) is 2.23. The van der Waals surface area contributed by atoms with Crippen molar-refractivity contribution in [3.63, 3.8) is 0 Å². The van der Waals surface area contributed by atoms with Crippen LogP contribution < -0.4 is 10.1 Å². The number of aromatic nitrogens is 2. The molecule has 1 amide bonds. The highest BCUT2D eigenvalue weighted by atomic mass is 19.4. The number of anilines is 1. The molecule has 0 saturated carbocycles. The van der Waals surface area contributed by atoms with Gasteiger partial charge in [-0.3, -0.25) is 4.79 Å². The molecule has 0 fully saturated rings. The van der Waals surface area contributed by atoms with E-state index in [1.807, 2.05) is 24.3 Å². The first-order valence-corrected chi connectivity index (χ1v) is 6.96. The van der Waals surface area contributed by atoms with E-state index in [0.29, 0.717) is 5.69 Å². The third kappa shape index (κ3) is 3.83. The number of alkyl halides is 3. The second kappa shape index (κ2) is 6.23. The predicted molar refractivity (Wildman–Crippen MR) is 81.5 cm³/mol. The molecule has 0 unspecified atom stereocenters. The van der Waals surface area contributed by atoms with Crippen molar-refractivity contribution in [2.45, 2.75) is 12.9 Å². The summed E-state index contributed by atoms with van der Waals surface area (Å²) >= 11 is 0. The molecule has 0 saturated heterocycles. The molecule has 0 spiro atoms. The van der Waals surface area contributed by atoms with E-state index < -0.39 is 6.36 Å². The lowest BCUT2D eigenvalue weighted by atomic mass is 10.3. The van der Waals surface area contributed by atoms with E-state index >= 15 is 0 Å². The summed E-state index contributed by atoms with van der Waals surface area (Å²) in [5, 5.41) is 2.61. The average molecular weight is 335 g/mol. The molecular weight excluding hydrogens is 323 g/mol. The van der Waals surface area contributed by atoms with Crippen LogP contribution in [-0.4, -0.2) is 21.8 Å². The maximum Gasteiger partial charge on any atom is 0.573 e. The van der Waals surface area contributed by atoms with Gasteiger partial charge in [-0.2, -0.15) is 0 Å². The number of carbonyl (C=O) groups is 1. The number of hydrogen-bond acceptors (Lipinski definition) is 3. The zero-order chi connectivity index (χ0) is 17.2. The third-order valence-electron chi connectivity index (χ3n) is 3.21. The molecule has 8 heteroatoms. The average Bonchev–Trinajstić information content (AvgIpc) is 2.91. The van der Waals surface area contributed by atoms with Crippen LogP contribution in [0, 0.1) is 0 Å². The first kappa shape index (κ1) is 15.9. The standard InChI is InChI=1S/C16H12F3N3O2/c17-16(18,19)24-12-7-5-11(6-8-12)21-15(23)9-22-10-20-13-3-1-2-4-14(13)22/h1-8,10H,9H2,(H,21,23). The molecule has 3 aromatic rings. The number of para-hydroxylation sites is 2. The lowest BCUT2D eigenvalue weighted by Gasteiger charge is -2.10. The van der Waals surface area contributed by atoms with E-state index in [4.69, 9.17) is 0 Å². The van der Waals surface area contributed by atoms with Gasteiger partial charge in [0.15, 0.2) is 0 Å². The molecule has 5 nitrogen and oxygen atoms in total. The quantitative estimate of drug-likeness (QED) is 0.793. The minimum Gasteiger partial charge on any atom is -0.406 e. The van der Waals surface area contributed by atoms with E-state index in [9.17, 15) is 18.0 Å². The first-order valence-electron chi connectivity index (χ1n) is 6.96. The fraction of sp³-hybridized carbons (Fsp3) is 0.125. The van der Waals surface area contributed by atoms with Gasteiger partial charge in [-0.05, 0) is 36.4 Å². The number of ether oxygens (including phenoxy) is 1. The third-order valence-corrected chi connectivity index (χ3v) is 3.21. The lowest BCUT2D eigenvalue weighted by Crippen LogP contribution is -2.18. The second-order valence-electron chi connectivity index (χ2n) is 4.98. The van der Waals surface area contributed by atoms with Crippen LogP contribution in [-0.2, 0) is 11.3 Å². The van der Waals surface area contributed by atoms with Gasteiger partial charge in [0.05, 0.1) is 17.4 Å². The Morgan fingerprint density at radius 2 is 1.83 bits per heavy atom. The Hall–Kier alpha value is -3.03. The highest BCUT2D eigenvalue weighted by Crippen LogP contribution is 2.24. The number of hydrogen-bond donors (Lipinski definition) is 1. The summed E-state index contributed by atoms with van der Waals surface area (Å²) in [4.78, 5) is 16.3. The van der Waals surface area contributed by atoms with Crippen LogP contribution in [0.5, 0.6) is 5.75 Å². The van der Waals surface area contributed by atoms with Gasteiger partial charge in [-0.15, -0.1) is 13.2 Å². The summed E-state index contributed by atoms with van der Waals surface area (Å²) < 4.78 is 41.7. The Balaban J connectivity index is 1.64. The van der Waals surface area contributed by atoms with Crippen LogP contribution in [0.3, 0.4) is 0 Å². The smallest absolute Gasteiger partial charge is 0.406 e. The Labute approximate surface area is 134 Å². The molecule has 1 heterocycles. The van der Waals surface area contributed by atoms with Crippen molar-refractivity contribution in [1.82, 2.24) is 9.55 Å². The molecule has 0 aliphatic rings. The summed E-state index contributed by atoms with van der Waals surface area (Å²) in [7, 11) is 0. The normalized spacial score (nSPS) is 11.5. The minimum atomic E-state index is -4.74. The number of halogens is 3. The van der Waals surface area contributed by atoms with E-state index in [0.717, 1.165) is 23.2 Å². The maximum absolute atomic E-state index is 12.1. The van der Waals surface area contributed by atoms with Gasteiger partial charge in [-0.1, -0.05) is 12.1 Å². The molecular formula is C16H12F3N3O2. The topological polar surface area (TPSA) is 56.2 Å². The van der Waals surface area contributed by atoms with Crippen molar-refractivity contribution >= 4 is 22.6 Å². The molecule has 2 aromatic carbocycles. The fourth-order valence-electron chi connectivity index (χ4n) is 2.23. The molecule has 124 valence electrons. The summed E-state index contributed by atoms with van der Waals surface area (Å²) in [5.74, 6) is -0.663. The summed E-state index contributed by atoms with van der Waals surface area (Å²) in [6.45, 7) is 0.0430. The van der Waals surface area contributed by atoms with Gasteiger partial charge in [-0.25, -0.2) is 4.98 Å². The lowest BCUT2D eigenvalue weighted by molar-refractivity contribution is -0.274. The van der Waals surface area contributed by atoms with E-state index in [-0.39, 0.29) is 18.2 Å². The number of nitrogens with one attached hydrogen (secondary N) is 1. The first-order chi connectivity index (χ1) is 11.4. The molecule has 1 aromatic heterocycles. The van der Waals surface area contributed by atoms with Gasteiger partial charge in [0, 0.05) is 5.69 Å². The molecule has 0 bridgehead atoms. The number of rotatable bonds is 4. The van der Waals surface area contributed by atoms with Crippen LogP contribution in [0.25, 0.3) is 11.0 Å². The van der Waals surface area contributed by atoms with Crippen LogP contribution in [0.2, 0.25) is 0 Å². The molecule has 0 atom stereocenters. The predicted octanol–water partition coefficient (Wildman–Crippen LogP) is 3.57. The van der Waals surface area contributed by atoms with Crippen LogP contribution in [0.1, 0.15) is 0 Å². The minimum absolute atomic E-state index is 0.0430. The highest BCUT2D eigenvalue weighted by molar-refractivity contribution is 5.91. The van der Waals surface area contributed by atoms with Gasteiger partial charge in [0.25, 0.3) is 0 Å². The van der Waals surface area contributed by atoms with Crippen molar-refractivity contribution in [1.29, 1.82) is 0 Å². The van der Waals surface area contributed by atoms with Crippen molar-refractivity contribution in [3.05, 3.63) is 54.9 Å². The molecule has 0 aliphatic heterocycles. The van der Waals surface area contributed by atoms with Crippen molar-refractivity contribution in [2.75, 3.05) is 5.32 Å². The second-order valence-corrected chi connectivity index (χ2v) is 4.98. The van der Waals surface area contributed by atoms with Gasteiger partial charge < -0.3 is 14.6 Å². The molecule has 0 radical (unpaired) electrons. The zero-order valence-corrected chi connectivity index (χ0v) is 12.2. The van der Waals surface area contributed by atoms with Gasteiger partial charge in [0.1, 0.15) is 12.3 Å². The van der Waals surface area contributed by atoms with Gasteiger partial charge >= 0.3 is 6.36 Å². The van der Waals surface area contributed by atoms with Gasteiger partial charge in [0.2, 0.25) is 5.91 Å². The number of imidazole rings is 1. The number of amides is 1. The number of benzene rings is 2. The maximum atomic E-state index is 12.1. The van der Waals surface area contributed by atoms with Crippen molar-refractivity contribution in [3.8, 4) is 5.75 Å². The van der Waals surface area contributed by atoms with Crippen LogP contribution in [0.15, 0.2) is 54.9 Å². The number of fused-ring (bicyclic) bond motifs is 1. The monoisotopic (exact) mass is 335 g/mol. The SMILES string of the molecule is O=C(Cn1cnc2ccccc21)Nc1ccc(OC(F)(F)F)cc1. The molecule has 1 N–H and O–H groups in total. The van der Waals surface area contributed by atoms with Crippen LogP contribution in [0.4, 0.5) is 18.9 Å². The van der Waals surface area contributed by atoms with Crippen molar-refractivity contribution in [2.24, 2.45) is 0 Å². The Morgan fingerprint density at radius 1 is 1.12 bits per heavy atom. The highest BCUT2D eigenvalue weighted by Gasteiger charge is 2.30. The van der Waals surface area contributed by atoms with Crippen molar-refractivity contribution < 1.29 is 22.7 Å². The van der Waals surface area contributed by atoms with E-state index in [2.05, 4.69) is 15.0 Å². The Kier molecular flexibility index (Phi) is 4.11. The molecule has 0 aliphatic carbocycles. The molecule has 24 heavy (non-hydrogen) atoms. The van der Waals surface area contributed by atoms with Crippen LogP contribution >= 0.6 is 0 Å². The van der Waals surface area contributed by atoms with E-state index in [1.54, 1.807) is 10.9 Å². The zero-order valence-electron chi connectivity index (χ0n) is 12.2.